The van der Waals surface area contributed by atoms with Crippen molar-refractivity contribution in [1.29, 1.82) is 0 Å². The summed E-state index contributed by atoms with van der Waals surface area (Å²) in [6, 6.07) is -1.03. The van der Waals surface area contributed by atoms with Crippen LogP contribution in [0, 0.1) is 0 Å². The van der Waals surface area contributed by atoms with Crippen LogP contribution in [0.15, 0.2) is 10.2 Å². The second kappa shape index (κ2) is 14.2. The molecule has 0 amide bonds. The van der Waals surface area contributed by atoms with Crippen molar-refractivity contribution < 1.29 is 17.5 Å². The van der Waals surface area contributed by atoms with Gasteiger partial charge < -0.3 is 9.11 Å². The standard InChI is InChI=1S/C8H16N6O4S4/c9-13-11-7(5-21(15)16)1-3-19-20-4-2-8(12-14-10)6-22(17)18/h7-8H,1-6H2,(H,15,16)(H,17,18)/t7-,8-/m1/s1. The maximum absolute atomic E-state index is 10.7. The van der Waals surface area contributed by atoms with Gasteiger partial charge in [0.15, 0.2) is 22.2 Å². The summed E-state index contributed by atoms with van der Waals surface area (Å²) in [6.45, 7) is 0. The number of rotatable bonds is 13. The van der Waals surface area contributed by atoms with Crippen LogP contribution in [0.25, 0.3) is 20.9 Å². The first kappa shape index (κ1) is 21.5. The molecule has 0 aromatic carbocycles. The Balaban J connectivity index is 3.90. The van der Waals surface area contributed by atoms with E-state index in [1.54, 1.807) is 0 Å². The van der Waals surface area contributed by atoms with Crippen molar-refractivity contribution >= 4 is 43.7 Å². The third-order valence-corrected chi connectivity index (χ3v) is 6.06. The second-order valence-corrected chi connectivity index (χ2v) is 8.57. The molecule has 126 valence electrons. The van der Waals surface area contributed by atoms with Gasteiger partial charge in [0.2, 0.25) is 0 Å². The first-order valence-electron chi connectivity index (χ1n) is 5.97. The Kier molecular flexibility index (Phi) is 13.9. The van der Waals surface area contributed by atoms with Gasteiger partial charge in [-0.15, -0.1) is 0 Å². The van der Waals surface area contributed by atoms with E-state index in [4.69, 9.17) is 20.2 Å². The predicted octanol–water partition coefficient (Wildman–Crippen LogP) is 2.95. The molecule has 0 rings (SSSR count). The van der Waals surface area contributed by atoms with Gasteiger partial charge in [-0.25, -0.2) is 8.42 Å². The lowest BCUT2D eigenvalue weighted by Gasteiger charge is -2.09. The molecule has 0 saturated heterocycles. The lowest BCUT2D eigenvalue weighted by atomic mass is 10.3. The lowest BCUT2D eigenvalue weighted by Crippen LogP contribution is -2.15. The van der Waals surface area contributed by atoms with Gasteiger partial charge >= 0.3 is 0 Å². The molecule has 0 saturated carbocycles. The van der Waals surface area contributed by atoms with Gasteiger partial charge in [-0.2, -0.15) is 0 Å². The van der Waals surface area contributed by atoms with Crippen molar-refractivity contribution in [3.05, 3.63) is 20.9 Å². The summed E-state index contributed by atoms with van der Waals surface area (Å²) in [5.41, 5.74) is 16.7. The average molecular weight is 389 g/mol. The summed E-state index contributed by atoms with van der Waals surface area (Å²) in [7, 11) is 2.99. The fraction of sp³-hybridized carbons (Fsp3) is 1.00. The maximum Gasteiger partial charge on any atom is 0.153 e. The number of azide groups is 2. The zero-order chi connectivity index (χ0) is 16.8. The minimum absolute atomic E-state index is 0.0867. The molecule has 2 N–H and O–H groups in total. The van der Waals surface area contributed by atoms with Crippen LogP contribution in [0.2, 0.25) is 0 Å². The molecule has 0 fully saturated rings. The molecule has 2 unspecified atom stereocenters. The zero-order valence-electron chi connectivity index (χ0n) is 11.4. The van der Waals surface area contributed by atoms with E-state index in [2.05, 4.69) is 20.1 Å². The SMILES string of the molecule is [N-]=[N+]=N[C@H](CCSSCC[C@H](CS(=O)O)N=[N+]=[N-])CS(=O)O. The molecule has 0 spiro atoms. The highest BCUT2D eigenvalue weighted by molar-refractivity contribution is 8.76. The van der Waals surface area contributed by atoms with Crippen LogP contribution in [0.3, 0.4) is 0 Å². The Morgan fingerprint density at radius 3 is 1.55 bits per heavy atom. The van der Waals surface area contributed by atoms with Crippen LogP contribution in [0.1, 0.15) is 12.8 Å². The normalized spacial score (nSPS) is 15.9. The van der Waals surface area contributed by atoms with E-state index in [0.29, 0.717) is 24.3 Å². The Hall–Kier alpha value is -0.460. The van der Waals surface area contributed by atoms with Crippen molar-refractivity contribution in [3.63, 3.8) is 0 Å². The third kappa shape index (κ3) is 13.2. The Labute approximate surface area is 140 Å². The van der Waals surface area contributed by atoms with Gasteiger partial charge in [-0.05, 0) is 23.9 Å². The largest absolute Gasteiger partial charge is 0.306 e. The molecule has 0 radical (unpaired) electrons. The fourth-order valence-corrected chi connectivity index (χ4v) is 4.69. The molecule has 0 bridgehead atoms. The van der Waals surface area contributed by atoms with Gasteiger partial charge in [0.05, 0.1) is 23.6 Å². The van der Waals surface area contributed by atoms with E-state index >= 15 is 0 Å². The third-order valence-electron chi connectivity index (χ3n) is 2.25. The highest BCUT2D eigenvalue weighted by atomic mass is 33.1. The fourth-order valence-electron chi connectivity index (χ4n) is 1.31. The van der Waals surface area contributed by atoms with Crippen molar-refractivity contribution in [2.24, 2.45) is 10.2 Å². The monoisotopic (exact) mass is 388 g/mol. The molecule has 0 aromatic rings. The smallest absolute Gasteiger partial charge is 0.153 e. The number of hydrogen-bond donors (Lipinski definition) is 2. The van der Waals surface area contributed by atoms with Gasteiger partial charge in [0, 0.05) is 21.3 Å². The molecule has 0 aliphatic rings. The molecular formula is C8H16N6O4S4. The molecule has 10 nitrogen and oxygen atoms in total. The zero-order valence-corrected chi connectivity index (χ0v) is 14.7. The molecular weight excluding hydrogens is 372 g/mol. The van der Waals surface area contributed by atoms with Crippen LogP contribution in [0.4, 0.5) is 0 Å². The predicted molar refractivity (Wildman–Crippen MR) is 91.3 cm³/mol. The minimum atomic E-state index is -2.00. The van der Waals surface area contributed by atoms with E-state index in [9.17, 15) is 8.42 Å². The van der Waals surface area contributed by atoms with E-state index in [-0.39, 0.29) is 11.5 Å². The Bertz CT molecular complexity index is 426. The summed E-state index contributed by atoms with van der Waals surface area (Å²) in [6.07, 6.45) is 0.961. The average Bonchev–Trinajstić information content (AvgIpc) is 2.41. The van der Waals surface area contributed by atoms with Crippen molar-refractivity contribution in [3.8, 4) is 0 Å². The molecule has 4 atom stereocenters. The van der Waals surface area contributed by atoms with Crippen LogP contribution < -0.4 is 0 Å². The molecule has 0 aliphatic heterocycles. The summed E-state index contributed by atoms with van der Waals surface area (Å²) < 4.78 is 38.9. The first-order valence-corrected chi connectivity index (χ1v) is 11.0. The highest BCUT2D eigenvalue weighted by Gasteiger charge is 2.11. The maximum atomic E-state index is 10.7. The summed E-state index contributed by atoms with van der Waals surface area (Å²) in [5, 5.41) is 6.91. The van der Waals surface area contributed by atoms with Gasteiger partial charge in [-0.1, -0.05) is 31.8 Å². The number of nitrogens with zero attached hydrogens (tertiary/aromatic N) is 6. The Morgan fingerprint density at radius 2 is 1.27 bits per heavy atom. The number of hydrogen-bond acceptors (Lipinski definition) is 6. The van der Waals surface area contributed by atoms with Crippen LogP contribution in [-0.4, -0.2) is 52.6 Å². The molecule has 0 aromatic heterocycles. The Morgan fingerprint density at radius 1 is 0.909 bits per heavy atom. The van der Waals surface area contributed by atoms with E-state index < -0.39 is 34.2 Å². The lowest BCUT2D eigenvalue weighted by molar-refractivity contribution is 0.552. The highest BCUT2D eigenvalue weighted by Crippen LogP contribution is 2.25. The summed E-state index contributed by atoms with van der Waals surface area (Å²) >= 11 is -4.00. The van der Waals surface area contributed by atoms with E-state index in [1.807, 2.05) is 0 Å². The molecule has 22 heavy (non-hydrogen) atoms. The topological polar surface area (TPSA) is 172 Å². The van der Waals surface area contributed by atoms with Crippen LogP contribution in [0.5, 0.6) is 0 Å². The summed E-state index contributed by atoms with van der Waals surface area (Å²) in [4.78, 5) is 5.28. The first-order chi connectivity index (χ1) is 10.5. The second-order valence-electron chi connectivity index (χ2n) is 3.92. The van der Waals surface area contributed by atoms with Crippen molar-refractivity contribution in [2.45, 2.75) is 24.9 Å². The molecule has 0 aliphatic carbocycles. The molecule has 0 heterocycles. The minimum Gasteiger partial charge on any atom is -0.306 e. The van der Waals surface area contributed by atoms with Gasteiger partial charge in [-0.3, -0.25) is 0 Å². The van der Waals surface area contributed by atoms with E-state index in [1.165, 1.54) is 21.6 Å². The van der Waals surface area contributed by atoms with E-state index in [0.717, 1.165) is 0 Å². The van der Waals surface area contributed by atoms with Crippen LogP contribution >= 0.6 is 21.6 Å². The van der Waals surface area contributed by atoms with Crippen LogP contribution in [-0.2, 0) is 22.2 Å². The quantitative estimate of drug-likeness (QED) is 0.122. The van der Waals surface area contributed by atoms with Gasteiger partial charge in [0.25, 0.3) is 0 Å². The van der Waals surface area contributed by atoms with Crippen molar-refractivity contribution in [2.75, 3.05) is 23.0 Å². The van der Waals surface area contributed by atoms with Gasteiger partial charge in [0.1, 0.15) is 0 Å². The molecule has 14 heteroatoms. The summed E-state index contributed by atoms with van der Waals surface area (Å²) in [5.74, 6) is 1.08. The van der Waals surface area contributed by atoms with Crippen molar-refractivity contribution in [1.82, 2.24) is 0 Å².